The minimum Gasteiger partial charge on any atom is -0.296 e. The third kappa shape index (κ3) is 3.64. The summed E-state index contributed by atoms with van der Waals surface area (Å²) < 4.78 is 0. The molecule has 1 amide bonds. The maximum Gasteiger partial charge on any atom is 0.259 e. The Bertz CT molecular complexity index is 882. The van der Waals surface area contributed by atoms with E-state index in [4.69, 9.17) is 34.8 Å². The predicted molar refractivity (Wildman–Crippen MR) is 94.8 cm³/mol. The highest BCUT2D eigenvalue weighted by molar-refractivity contribution is 7.18. The average Bonchev–Trinajstić information content (AvgIpc) is 2.98. The fraction of sp³-hybridized carbons (Fsp3) is 0. The molecule has 8 heteroatoms. The molecule has 0 saturated heterocycles. The van der Waals surface area contributed by atoms with Gasteiger partial charge in [-0.2, -0.15) is 0 Å². The van der Waals surface area contributed by atoms with Crippen molar-refractivity contribution >= 4 is 57.2 Å². The van der Waals surface area contributed by atoms with Crippen LogP contribution in [0.2, 0.25) is 15.1 Å². The van der Waals surface area contributed by atoms with Crippen LogP contribution in [-0.4, -0.2) is 16.1 Å². The number of benzene rings is 2. The Hall–Kier alpha value is -1.66. The summed E-state index contributed by atoms with van der Waals surface area (Å²) in [6.07, 6.45) is 0. The molecule has 0 fully saturated rings. The summed E-state index contributed by atoms with van der Waals surface area (Å²) in [5, 5.41) is 12.9. The van der Waals surface area contributed by atoms with Crippen molar-refractivity contribution in [2.75, 3.05) is 5.32 Å². The maximum atomic E-state index is 12.3. The highest BCUT2D eigenvalue weighted by Crippen LogP contribution is 2.32. The van der Waals surface area contributed by atoms with E-state index in [1.54, 1.807) is 18.2 Å². The van der Waals surface area contributed by atoms with Gasteiger partial charge in [-0.05, 0) is 24.3 Å². The van der Waals surface area contributed by atoms with Crippen molar-refractivity contribution in [2.45, 2.75) is 0 Å². The van der Waals surface area contributed by atoms with Gasteiger partial charge in [0, 0.05) is 10.6 Å². The Labute approximate surface area is 151 Å². The number of nitrogens with one attached hydrogen (secondary N) is 1. The van der Waals surface area contributed by atoms with Crippen molar-refractivity contribution < 1.29 is 4.79 Å². The van der Waals surface area contributed by atoms with Gasteiger partial charge in [0.05, 0.1) is 15.6 Å². The quantitative estimate of drug-likeness (QED) is 0.656. The van der Waals surface area contributed by atoms with E-state index in [1.165, 1.54) is 17.4 Å². The van der Waals surface area contributed by atoms with E-state index >= 15 is 0 Å². The first-order valence-electron chi connectivity index (χ1n) is 6.39. The number of rotatable bonds is 3. The molecule has 23 heavy (non-hydrogen) atoms. The first-order valence-corrected chi connectivity index (χ1v) is 8.34. The monoisotopic (exact) mass is 383 g/mol. The third-order valence-corrected chi connectivity index (χ3v) is 4.69. The topological polar surface area (TPSA) is 54.9 Å². The van der Waals surface area contributed by atoms with Crippen LogP contribution in [0.15, 0.2) is 42.5 Å². The van der Waals surface area contributed by atoms with Crippen LogP contribution in [0.25, 0.3) is 10.6 Å². The molecule has 1 aromatic heterocycles. The summed E-state index contributed by atoms with van der Waals surface area (Å²) in [4.78, 5) is 12.3. The van der Waals surface area contributed by atoms with Gasteiger partial charge in [0.1, 0.15) is 0 Å². The number of aromatic nitrogens is 2. The van der Waals surface area contributed by atoms with Gasteiger partial charge in [0.15, 0.2) is 5.01 Å². The van der Waals surface area contributed by atoms with E-state index in [1.807, 2.05) is 18.2 Å². The van der Waals surface area contributed by atoms with Crippen LogP contribution in [0.3, 0.4) is 0 Å². The van der Waals surface area contributed by atoms with Crippen LogP contribution in [-0.2, 0) is 0 Å². The van der Waals surface area contributed by atoms with Gasteiger partial charge in [-0.25, -0.2) is 0 Å². The predicted octanol–water partition coefficient (Wildman–Crippen LogP) is 5.42. The molecular formula is C15H8Cl3N3OS. The number of hydrogen-bond donors (Lipinski definition) is 1. The standard InChI is InChI=1S/C15H8Cl3N3OS/c16-8-5-6-12(18)10(7-8)13(22)19-15-21-20-14(23-15)9-3-1-2-4-11(9)17/h1-7H,(H,19,21,22). The molecular weight excluding hydrogens is 377 g/mol. The van der Waals surface area contributed by atoms with Crippen LogP contribution < -0.4 is 5.32 Å². The van der Waals surface area contributed by atoms with Gasteiger partial charge in [-0.3, -0.25) is 10.1 Å². The first-order chi connectivity index (χ1) is 11.0. The second-order valence-electron chi connectivity index (χ2n) is 4.47. The zero-order valence-corrected chi connectivity index (χ0v) is 14.5. The molecule has 2 aromatic carbocycles. The van der Waals surface area contributed by atoms with Gasteiger partial charge < -0.3 is 0 Å². The van der Waals surface area contributed by atoms with E-state index in [0.717, 1.165) is 5.56 Å². The molecule has 0 spiro atoms. The average molecular weight is 385 g/mol. The van der Waals surface area contributed by atoms with Crippen LogP contribution in [0.4, 0.5) is 5.13 Å². The van der Waals surface area contributed by atoms with Gasteiger partial charge in [-0.1, -0.05) is 64.3 Å². The minimum atomic E-state index is -0.403. The summed E-state index contributed by atoms with van der Waals surface area (Å²) in [6, 6.07) is 12.0. The van der Waals surface area contributed by atoms with E-state index in [9.17, 15) is 4.79 Å². The molecule has 1 heterocycles. The van der Waals surface area contributed by atoms with Crippen molar-refractivity contribution in [3.05, 3.63) is 63.1 Å². The molecule has 0 atom stereocenters. The number of amides is 1. The summed E-state index contributed by atoms with van der Waals surface area (Å²) in [7, 11) is 0. The summed E-state index contributed by atoms with van der Waals surface area (Å²) in [5.74, 6) is -0.403. The fourth-order valence-electron chi connectivity index (χ4n) is 1.85. The zero-order chi connectivity index (χ0) is 16.4. The van der Waals surface area contributed by atoms with Crippen LogP contribution in [0.1, 0.15) is 10.4 Å². The molecule has 4 nitrogen and oxygen atoms in total. The highest BCUT2D eigenvalue weighted by Gasteiger charge is 2.15. The molecule has 3 rings (SSSR count). The smallest absolute Gasteiger partial charge is 0.259 e. The lowest BCUT2D eigenvalue weighted by Gasteiger charge is -2.04. The molecule has 0 saturated carbocycles. The molecule has 3 aromatic rings. The van der Waals surface area contributed by atoms with Crippen molar-refractivity contribution in [1.82, 2.24) is 10.2 Å². The fourth-order valence-corrected chi connectivity index (χ4v) is 3.29. The Kier molecular flexibility index (Phi) is 4.82. The molecule has 0 unspecified atom stereocenters. The minimum absolute atomic E-state index is 0.272. The van der Waals surface area contributed by atoms with Crippen molar-refractivity contribution in [1.29, 1.82) is 0 Å². The SMILES string of the molecule is O=C(Nc1nnc(-c2ccccc2Cl)s1)c1cc(Cl)ccc1Cl. The number of carbonyl (C=O) groups is 1. The molecule has 116 valence electrons. The Balaban J connectivity index is 1.83. The van der Waals surface area contributed by atoms with E-state index < -0.39 is 5.91 Å². The second kappa shape index (κ2) is 6.84. The second-order valence-corrected chi connectivity index (χ2v) is 6.70. The Morgan fingerprint density at radius 2 is 1.78 bits per heavy atom. The van der Waals surface area contributed by atoms with E-state index in [0.29, 0.717) is 25.2 Å². The summed E-state index contributed by atoms with van der Waals surface area (Å²) in [5.41, 5.74) is 1.03. The zero-order valence-electron chi connectivity index (χ0n) is 11.4. The number of nitrogens with zero attached hydrogens (tertiary/aromatic N) is 2. The first kappa shape index (κ1) is 16.2. The molecule has 0 bridgehead atoms. The normalized spacial score (nSPS) is 10.6. The van der Waals surface area contributed by atoms with Gasteiger partial charge >= 0.3 is 0 Å². The lowest BCUT2D eigenvalue weighted by molar-refractivity contribution is 0.102. The third-order valence-electron chi connectivity index (χ3n) is 2.92. The maximum absolute atomic E-state index is 12.3. The number of halogens is 3. The van der Waals surface area contributed by atoms with Crippen molar-refractivity contribution in [3.63, 3.8) is 0 Å². The van der Waals surface area contributed by atoms with Gasteiger partial charge in [-0.15, -0.1) is 10.2 Å². The lowest BCUT2D eigenvalue weighted by Crippen LogP contribution is -2.12. The molecule has 0 radical (unpaired) electrons. The number of hydrogen-bond acceptors (Lipinski definition) is 4. The van der Waals surface area contributed by atoms with Crippen LogP contribution in [0, 0.1) is 0 Å². The van der Waals surface area contributed by atoms with Crippen LogP contribution in [0.5, 0.6) is 0 Å². The Morgan fingerprint density at radius 1 is 1.00 bits per heavy atom. The van der Waals surface area contributed by atoms with Gasteiger partial charge in [0.2, 0.25) is 5.13 Å². The van der Waals surface area contributed by atoms with E-state index in [2.05, 4.69) is 15.5 Å². The summed E-state index contributed by atoms with van der Waals surface area (Å²) in [6.45, 7) is 0. The molecule has 0 aliphatic heterocycles. The molecule has 1 N–H and O–H groups in total. The molecule has 0 aliphatic carbocycles. The van der Waals surface area contributed by atoms with Gasteiger partial charge in [0.25, 0.3) is 5.91 Å². The van der Waals surface area contributed by atoms with Crippen molar-refractivity contribution in [2.24, 2.45) is 0 Å². The highest BCUT2D eigenvalue weighted by atomic mass is 35.5. The van der Waals surface area contributed by atoms with Crippen LogP contribution >= 0.6 is 46.1 Å². The Morgan fingerprint density at radius 3 is 2.57 bits per heavy atom. The lowest BCUT2D eigenvalue weighted by atomic mass is 10.2. The van der Waals surface area contributed by atoms with E-state index in [-0.39, 0.29) is 5.56 Å². The number of carbonyl (C=O) groups excluding carboxylic acids is 1. The largest absolute Gasteiger partial charge is 0.296 e. The summed E-state index contributed by atoms with van der Waals surface area (Å²) >= 11 is 19.2. The number of anilines is 1. The molecule has 0 aliphatic rings. The van der Waals surface area contributed by atoms with Crippen molar-refractivity contribution in [3.8, 4) is 10.6 Å².